The highest BCUT2D eigenvalue weighted by molar-refractivity contribution is 7.15. The van der Waals surface area contributed by atoms with Crippen LogP contribution in [-0.2, 0) is 16.0 Å². The first-order valence-electron chi connectivity index (χ1n) is 7.08. The van der Waals surface area contributed by atoms with Gasteiger partial charge in [-0.25, -0.2) is 4.98 Å². The molecule has 0 saturated carbocycles. The van der Waals surface area contributed by atoms with E-state index in [2.05, 4.69) is 22.5 Å². The number of hydrogen-bond donors (Lipinski definition) is 2. The number of hydrogen-bond acceptors (Lipinski definition) is 5. The second kappa shape index (κ2) is 6.65. The van der Waals surface area contributed by atoms with Gasteiger partial charge in [0.1, 0.15) is 0 Å². The van der Waals surface area contributed by atoms with Crippen molar-refractivity contribution in [2.45, 2.75) is 33.1 Å². The first-order valence-corrected chi connectivity index (χ1v) is 7.90. The van der Waals surface area contributed by atoms with Crippen LogP contribution in [0.5, 0.6) is 0 Å². The zero-order valence-electron chi connectivity index (χ0n) is 12.4. The molecule has 2 heterocycles. The van der Waals surface area contributed by atoms with Gasteiger partial charge in [0.15, 0.2) is 5.13 Å². The van der Waals surface area contributed by atoms with E-state index < -0.39 is 5.41 Å². The molecule has 0 radical (unpaired) electrons. The Hall–Kier alpha value is -0.980. The van der Waals surface area contributed by atoms with Gasteiger partial charge in [-0.05, 0) is 39.3 Å². The minimum atomic E-state index is -0.425. The first-order chi connectivity index (χ1) is 9.61. The Kier molecular flexibility index (Phi) is 5.12. The van der Waals surface area contributed by atoms with Gasteiger partial charge >= 0.3 is 0 Å². The molecule has 112 valence electrons. The third-order valence-electron chi connectivity index (χ3n) is 3.91. The lowest BCUT2D eigenvalue weighted by Crippen LogP contribution is -2.47. The number of aromatic nitrogens is 1. The van der Waals surface area contributed by atoms with Crippen molar-refractivity contribution in [3.63, 3.8) is 0 Å². The molecule has 2 N–H and O–H groups in total. The summed E-state index contributed by atoms with van der Waals surface area (Å²) in [7, 11) is 1.65. The van der Waals surface area contributed by atoms with E-state index in [9.17, 15) is 4.79 Å². The second-order valence-corrected chi connectivity index (χ2v) is 6.50. The average Bonchev–Trinajstić information content (AvgIpc) is 2.80. The van der Waals surface area contributed by atoms with Crippen LogP contribution in [0.25, 0.3) is 0 Å². The van der Waals surface area contributed by atoms with E-state index in [1.54, 1.807) is 18.4 Å². The highest BCUT2D eigenvalue weighted by Gasteiger charge is 2.40. The maximum absolute atomic E-state index is 12.6. The number of ether oxygens (including phenoxy) is 1. The SMILES string of the molecule is CCc1nc(NC(=O)C2(COC)CCNCC2)sc1C. The third kappa shape index (κ3) is 3.19. The molecule has 0 atom stereocenters. The van der Waals surface area contributed by atoms with E-state index in [-0.39, 0.29) is 5.91 Å². The number of methoxy groups -OCH3 is 1. The topological polar surface area (TPSA) is 63.2 Å². The lowest BCUT2D eigenvalue weighted by molar-refractivity contribution is -0.130. The summed E-state index contributed by atoms with van der Waals surface area (Å²) in [6, 6.07) is 0. The van der Waals surface area contributed by atoms with Crippen molar-refractivity contribution >= 4 is 22.4 Å². The van der Waals surface area contributed by atoms with Crippen molar-refractivity contribution < 1.29 is 9.53 Å². The Morgan fingerprint density at radius 3 is 2.75 bits per heavy atom. The number of amides is 1. The Bertz CT molecular complexity index is 461. The predicted octanol–water partition coefficient (Wildman–Crippen LogP) is 1.97. The zero-order valence-corrected chi connectivity index (χ0v) is 13.2. The predicted molar refractivity (Wildman–Crippen MR) is 81.3 cm³/mol. The van der Waals surface area contributed by atoms with Gasteiger partial charge in [-0.3, -0.25) is 4.79 Å². The van der Waals surface area contributed by atoms with Crippen LogP contribution in [0.1, 0.15) is 30.3 Å². The molecule has 2 rings (SSSR count). The van der Waals surface area contributed by atoms with Crippen LogP contribution in [-0.4, -0.2) is 37.7 Å². The van der Waals surface area contributed by atoms with E-state index >= 15 is 0 Å². The normalized spacial score (nSPS) is 17.9. The molecule has 1 aromatic heterocycles. The number of carbonyl (C=O) groups excluding carboxylic acids is 1. The van der Waals surface area contributed by atoms with Gasteiger partial charge in [-0.15, -0.1) is 11.3 Å². The second-order valence-electron chi connectivity index (χ2n) is 5.29. The van der Waals surface area contributed by atoms with Crippen LogP contribution in [0.2, 0.25) is 0 Å². The van der Waals surface area contributed by atoms with E-state index in [1.807, 2.05) is 6.92 Å². The maximum atomic E-state index is 12.6. The smallest absolute Gasteiger partial charge is 0.234 e. The monoisotopic (exact) mass is 297 g/mol. The van der Waals surface area contributed by atoms with Crippen molar-refractivity contribution in [3.05, 3.63) is 10.6 Å². The van der Waals surface area contributed by atoms with Crippen LogP contribution in [0.3, 0.4) is 0 Å². The lowest BCUT2D eigenvalue weighted by atomic mass is 9.79. The van der Waals surface area contributed by atoms with Gasteiger partial charge in [0.25, 0.3) is 0 Å². The van der Waals surface area contributed by atoms with Crippen molar-refractivity contribution in [1.29, 1.82) is 0 Å². The number of thiazole rings is 1. The fourth-order valence-electron chi connectivity index (χ4n) is 2.66. The average molecular weight is 297 g/mol. The summed E-state index contributed by atoms with van der Waals surface area (Å²) in [4.78, 5) is 18.3. The summed E-state index contributed by atoms with van der Waals surface area (Å²) < 4.78 is 5.29. The summed E-state index contributed by atoms with van der Waals surface area (Å²) in [5, 5.41) is 6.99. The molecule has 0 aliphatic carbocycles. The largest absolute Gasteiger partial charge is 0.384 e. The molecule has 0 aromatic carbocycles. The number of rotatable bonds is 5. The van der Waals surface area contributed by atoms with E-state index in [0.717, 1.165) is 38.0 Å². The molecular formula is C14H23N3O2S. The Labute approximate surface area is 124 Å². The number of piperidine rings is 1. The van der Waals surface area contributed by atoms with Gasteiger partial charge in [-0.2, -0.15) is 0 Å². The number of anilines is 1. The number of carbonyl (C=O) groups is 1. The summed E-state index contributed by atoms with van der Waals surface area (Å²) in [5.41, 5.74) is 0.641. The molecule has 1 saturated heterocycles. The molecule has 20 heavy (non-hydrogen) atoms. The molecule has 0 spiro atoms. The fraction of sp³-hybridized carbons (Fsp3) is 0.714. The van der Waals surface area contributed by atoms with Crippen molar-refractivity contribution in [2.75, 3.05) is 32.1 Å². The minimum Gasteiger partial charge on any atom is -0.384 e. The Morgan fingerprint density at radius 2 is 2.20 bits per heavy atom. The maximum Gasteiger partial charge on any atom is 0.234 e. The first kappa shape index (κ1) is 15.4. The molecule has 1 aliphatic rings. The molecule has 6 heteroatoms. The van der Waals surface area contributed by atoms with Crippen LogP contribution in [0.4, 0.5) is 5.13 Å². The number of aryl methyl sites for hydroxylation is 2. The number of nitrogens with zero attached hydrogens (tertiary/aromatic N) is 1. The van der Waals surface area contributed by atoms with Gasteiger partial charge in [0.2, 0.25) is 5.91 Å². The fourth-order valence-corrected chi connectivity index (χ4v) is 3.56. The molecule has 1 fully saturated rings. The Balaban J connectivity index is 2.11. The highest BCUT2D eigenvalue weighted by atomic mass is 32.1. The van der Waals surface area contributed by atoms with Gasteiger partial charge in [-0.1, -0.05) is 6.92 Å². The number of nitrogens with one attached hydrogen (secondary N) is 2. The zero-order chi connectivity index (χ0) is 14.6. The minimum absolute atomic E-state index is 0.0391. The van der Waals surface area contributed by atoms with Crippen LogP contribution in [0, 0.1) is 12.3 Å². The van der Waals surface area contributed by atoms with Crippen molar-refractivity contribution in [1.82, 2.24) is 10.3 Å². The molecule has 0 unspecified atom stereocenters. The molecule has 0 bridgehead atoms. The standard InChI is InChI=1S/C14H23N3O2S/c1-4-11-10(2)20-13(16-11)17-12(18)14(9-19-3)5-7-15-8-6-14/h15H,4-9H2,1-3H3,(H,16,17,18). The lowest BCUT2D eigenvalue weighted by Gasteiger charge is -2.35. The van der Waals surface area contributed by atoms with Crippen LogP contribution in [0.15, 0.2) is 0 Å². The quantitative estimate of drug-likeness (QED) is 0.872. The van der Waals surface area contributed by atoms with Gasteiger partial charge in [0.05, 0.1) is 17.7 Å². The van der Waals surface area contributed by atoms with Crippen LogP contribution >= 0.6 is 11.3 Å². The van der Waals surface area contributed by atoms with Crippen molar-refractivity contribution in [2.24, 2.45) is 5.41 Å². The summed E-state index contributed by atoms with van der Waals surface area (Å²) in [5.74, 6) is 0.0391. The molecular weight excluding hydrogens is 274 g/mol. The summed E-state index contributed by atoms with van der Waals surface area (Å²) in [6.45, 7) is 6.29. The Morgan fingerprint density at radius 1 is 1.50 bits per heavy atom. The van der Waals surface area contributed by atoms with Crippen LogP contribution < -0.4 is 10.6 Å². The molecule has 1 aromatic rings. The highest BCUT2D eigenvalue weighted by Crippen LogP contribution is 2.32. The third-order valence-corrected chi connectivity index (χ3v) is 4.84. The molecule has 5 nitrogen and oxygen atoms in total. The van der Waals surface area contributed by atoms with Gasteiger partial charge in [0, 0.05) is 12.0 Å². The van der Waals surface area contributed by atoms with E-state index in [1.165, 1.54) is 4.88 Å². The summed E-state index contributed by atoms with van der Waals surface area (Å²) in [6.07, 6.45) is 2.50. The van der Waals surface area contributed by atoms with Crippen molar-refractivity contribution in [3.8, 4) is 0 Å². The molecule has 1 aliphatic heterocycles. The van der Waals surface area contributed by atoms with E-state index in [0.29, 0.717) is 11.7 Å². The molecule has 1 amide bonds. The van der Waals surface area contributed by atoms with Gasteiger partial charge < -0.3 is 15.4 Å². The van der Waals surface area contributed by atoms with E-state index in [4.69, 9.17) is 4.74 Å². The summed E-state index contributed by atoms with van der Waals surface area (Å²) >= 11 is 1.55.